The van der Waals surface area contributed by atoms with Crippen molar-refractivity contribution in [3.63, 3.8) is 0 Å². The van der Waals surface area contributed by atoms with Crippen LogP contribution >= 0.6 is 0 Å². The minimum atomic E-state index is 0.0929. The Morgan fingerprint density at radius 1 is 1.21 bits per heavy atom. The summed E-state index contributed by atoms with van der Waals surface area (Å²) in [5.74, 6) is 0. The Hall–Kier alpha value is -1.61. The maximum absolute atomic E-state index is 12.4. The lowest BCUT2D eigenvalue weighted by molar-refractivity contribution is 0.185. The predicted octanol–water partition coefficient (Wildman–Crippen LogP) is 3.67. The average molecular weight is 260 g/mol. The Balaban J connectivity index is 2.39. The zero-order valence-electron chi connectivity index (χ0n) is 11.6. The molecule has 0 bridgehead atoms. The summed E-state index contributed by atoms with van der Waals surface area (Å²) < 4.78 is 10.8. The third-order valence-electron chi connectivity index (χ3n) is 3.30. The molecule has 1 aromatic heterocycles. The van der Waals surface area contributed by atoms with Gasteiger partial charge in [0.1, 0.15) is 5.58 Å². The molecule has 0 aliphatic heterocycles. The van der Waals surface area contributed by atoms with E-state index in [2.05, 4.69) is 6.92 Å². The van der Waals surface area contributed by atoms with Crippen LogP contribution in [0, 0.1) is 0 Å². The Bertz CT molecular complexity index is 598. The summed E-state index contributed by atoms with van der Waals surface area (Å²) in [6.45, 7) is 2.61. The number of hydrogen-bond donors (Lipinski definition) is 0. The first-order chi connectivity index (χ1) is 9.27. The summed E-state index contributed by atoms with van der Waals surface area (Å²) in [5.41, 5.74) is 2.43. The minimum Gasteiger partial charge on any atom is -0.463 e. The molecule has 0 radical (unpaired) electrons. The highest BCUT2D eigenvalue weighted by Crippen LogP contribution is 2.18. The zero-order valence-corrected chi connectivity index (χ0v) is 11.6. The highest BCUT2D eigenvalue weighted by atomic mass is 16.5. The van der Waals surface area contributed by atoms with Crippen LogP contribution in [0.1, 0.15) is 37.3 Å². The molecule has 3 heteroatoms. The Morgan fingerprint density at radius 2 is 2.05 bits per heavy atom. The van der Waals surface area contributed by atoms with Crippen LogP contribution in [0.4, 0.5) is 0 Å². The maximum atomic E-state index is 12.4. The van der Waals surface area contributed by atoms with E-state index in [0.29, 0.717) is 17.6 Å². The molecule has 19 heavy (non-hydrogen) atoms. The minimum absolute atomic E-state index is 0.0929. The topological polar surface area (TPSA) is 39.4 Å². The van der Waals surface area contributed by atoms with Crippen molar-refractivity contribution in [2.24, 2.45) is 0 Å². The fraction of sp³-hybridized carbons (Fsp3) is 0.438. The highest BCUT2D eigenvalue weighted by molar-refractivity contribution is 5.80. The fourth-order valence-electron chi connectivity index (χ4n) is 2.27. The van der Waals surface area contributed by atoms with Crippen molar-refractivity contribution in [3.8, 4) is 0 Å². The van der Waals surface area contributed by atoms with Gasteiger partial charge in [0, 0.05) is 18.2 Å². The second kappa shape index (κ2) is 6.53. The molecule has 0 aliphatic carbocycles. The summed E-state index contributed by atoms with van der Waals surface area (Å²) in [7, 11) is 1.63. The van der Waals surface area contributed by atoms with Crippen molar-refractivity contribution in [2.75, 3.05) is 7.11 Å². The molecule has 0 unspecified atom stereocenters. The number of aryl methyl sites for hydroxylation is 1. The smallest absolute Gasteiger partial charge is 0.195 e. The predicted molar refractivity (Wildman–Crippen MR) is 76.4 cm³/mol. The molecule has 0 aliphatic rings. The van der Waals surface area contributed by atoms with E-state index in [0.717, 1.165) is 36.8 Å². The number of benzene rings is 1. The molecule has 2 rings (SSSR count). The lowest BCUT2D eigenvalue weighted by Crippen LogP contribution is -2.09. The first-order valence-corrected chi connectivity index (χ1v) is 6.79. The van der Waals surface area contributed by atoms with Gasteiger partial charge >= 0.3 is 0 Å². The molecule has 0 amide bonds. The average Bonchev–Trinajstić information content (AvgIpc) is 2.42. The Kier molecular flexibility index (Phi) is 4.74. The normalized spacial score (nSPS) is 11.1. The quantitative estimate of drug-likeness (QED) is 0.744. The molecular formula is C16H20O3. The van der Waals surface area contributed by atoms with Crippen molar-refractivity contribution in [2.45, 2.75) is 39.2 Å². The molecule has 0 spiro atoms. The van der Waals surface area contributed by atoms with Crippen molar-refractivity contribution in [1.82, 2.24) is 0 Å². The van der Waals surface area contributed by atoms with Crippen molar-refractivity contribution in [1.29, 1.82) is 0 Å². The zero-order chi connectivity index (χ0) is 13.7. The van der Waals surface area contributed by atoms with E-state index in [4.69, 9.17) is 9.15 Å². The van der Waals surface area contributed by atoms with Crippen LogP contribution in [0.3, 0.4) is 0 Å². The molecule has 0 fully saturated rings. The van der Waals surface area contributed by atoms with Crippen LogP contribution < -0.4 is 5.43 Å². The second-order valence-corrected chi connectivity index (χ2v) is 4.77. The molecule has 102 valence electrons. The second-order valence-electron chi connectivity index (χ2n) is 4.77. The van der Waals surface area contributed by atoms with Crippen LogP contribution in [0.15, 0.2) is 33.7 Å². The van der Waals surface area contributed by atoms with Crippen LogP contribution in [0.2, 0.25) is 0 Å². The first-order valence-electron chi connectivity index (χ1n) is 6.79. The third kappa shape index (κ3) is 3.04. The number of fused-ring (bicyclic) bond motifs is 1. The first kappa shape index (κ1) is 13.8. The largest absolute Gasteiger partial charge is 0.463 e. The van der Waals surface area contributed by atoms with Gasteiger partial charge in [0.25, 0.3) is 0 Å². The van der Waals surface area contributed by atoms with Gasteiger partial charge in [0.2, 0.25) is 0 Å². The summed E-state index contributed by atoms with van der Waals surface area (Å²) in [4.78, 5) is 12.4. The number of ether oxygens (including phenoxy) is 1. The number of unbranched alkanes of at least 4 members (excludes halogenated alkanes) is 2. The van der Waals surface area contributed by atoms with Gasteiger partial charge in [-0.2, -0.15) is 0 Å². The molecule has 0 atom stereocenters. The van der Waals surface area contributed by atoms with Gasteiger partial charge in [0.05, 0.1) is 18.3 Å². The van der Waals surface area contributed by atoms with Crippen LogP contribution in [-0.2, 0) is 17.8 Å². The van der Waals surface area contributed by atoms with E-state index in [1.807, 2.05) is 18.2 Å². The van der Waals surface area contributed by atoms with E-state index in [1.165, 1.54) is 0 Å². The molecule has 1 heterocycles. The van der Waals surface area contributed by atoms with Crippen LogP contribution in [0.25, 0.3) is 11.0 Å². The molecule has 1 aromatic carbocycles. The standard InChI is InChI=1S/C16H20O3/c1-3-4-5-7-12-11-19-16-13(10-18-2)8-6-9-14(16)15(12)17/h6,8-9,11H,3-5,7,10H2,1-2H3. The van der Waals surface area contributed by atoms with Gasteiger partial charge in [0.15, 0.2) is 5.43 Å². The molecule has 0 saturated carbocycles. The third-order valence-corrected chi connectivity index (χ3v) is 3.30. The number of para-hydroxylation sites is 1. The lowest BCUT2D eigenvalue weighted by atomic mass is 10.1. The van der Waals surface area contributed by atoms with Crippen molar-refractivity contribution in [3.05, 3.63) is 45.8 Å². The Labute approximate surface area is 113 Å². The van der Waals surface area contributed by atoms with Gasteiger partial charge in [-0.15, -0.1) is 0 Å². The summed E-state index contributed by atoms with van der Waals surface area (Å²) in [5, 5.41) is 0.656. The molecule has 3 nitrogen and oxygen atoms in total. The van der Waals surface area contributed by atoms with Gasteiger partial charge in [-0.3, -0.25) is 4.79 Å². The monoisotopic (exact) mass is 260 g/mol. The Morgan fingerprint density at radius 3 is 2.79 bits per heavy atom. The van der Waals surface area contributed by atoms with Gasteiger partial charge in [-0.25, -0.2) is 0 Å². The molecule has 0 N–H and O–H groups in total. The van der Waals surface area contributed by atoms with Crippen molar-refractivity contribution >= 4 is 11.0 Å². The molecule has 0 saturated heterocycles. The van der Waals surface area contributed by atoms with Gasteiger partial charge in [-0.1, -0.05) is 31.9 Å². The highest BCUT2D eigenvalue weighted by Gasteiger charge is 2.09. The van der Waals surface area contributed by atoms with E-state index < -0.39 is 0 Å². The van der Waals surface area contributed by atoms with Gasteiger partial charge < -0.3 is 9.15 Å². The summed E-state index contributed by atoms with van der Waals surface area (Å²) >= 11 is 0. The number of methoxy groups -OCH3 is 1. The lowest BCUT2D eigenvalue weighted by Gasteiger charge is -2.06. The van der Waals surface area contributed by atoms with Crippen molar-refractivity contribution < 1.29 is 9.15 Å². The fourth-order valence-corrected chi connectivity index (χ4v) is 2.27. The number of hydrogen-bond acceptors (Lipinski definition) is 3. The number of rotatable bonds is 6. The van der Waals surface area contributed by atoms with E-state index in [-0.39, 0.29) is 5.43 Å². The maximum Gasteiger partial charge on any atom is 0.195 e. The summed E-state index contributed by atoms with van der Waals surface area (Å²) in [6, 6.07) is 5.62. The van der Waals surface area contributed by atoms with E-state index >= 15 is 0 Å². The SMILES string of the molecule is CCCCCc1coc2c(COC)cccc2c1=O. The van der Waals surface area contributed by atoms with E-state index in [9.17, 15) is 4.79 Å². The summed E-state index contributed by atoms with van der Waals surface area (Å²) in [6.07, 6.45) is 5.72. The van der Waals surface area contributed by atoms with Crippen LogP contribution in [-0.4, -0.2) is 7.11 Å². The van der Waals surface area contributed by atoms with Gasteiger partial charge in [-0.05, 0) is 18.9 Å². The molecular weight excluding hydrogens is 240 g/mol. The van der Waals surface area contributed by atoms with Crippen LogP contribution in [0.5, 0.6) is 0 Å². The van der Waals surface area contributed by atoms with E-state index in [1.54, 1.807) is 13.4 Å². The molecule has 2 aromatic rings.